The second kappa shape index (κ2) is 5.06. The molecule has 0 saturated carbocycles. The Bertz CT molecular complexity index is 822. The Labute approximate surface area is 119 Å². The van der Waals surface area contributed by atoms with Crippen LogP contribution in [0.2, 0.25) is 0 Å². The zero-order valence-corrected chi connectivity index (χ0v) is 11.2. The summed E-state index contributed by atoms with van der Waals surface area (Å²) in [5, 5.41) is 0. The van der Waals surface area contributed by atoms with E-state index in [2.05, 4.69) is 12.2 Å². The van der Waals surface area contributed by atoms with Crippen LogP contribution in [0.3, 0.4) is 0 Å². The van der Waals surface area contributed by atoms with Crippen LogP contribution in [0.15, 0.2) is 23.0 Å². The van der Waals surface area contributed by atoms with Gasteiger partial charge < -0.3 is 4.98 Å². The van der Waals surface area contributed by atoms with E-state index >= 15 is 0 Å². The van der Waals surface area contributed by atoms with E-state index < -0.39 is 45.1 Å². The van der Waals surface area contributed by atoms with Crippen molar-refractivity contribution in [3.05, 3.63) is 56.2 Å². The fourth-order valence-electron chi connectivity index (χ4n) is 1.79. The van der Waals surface area contributed by atoms with Crippen LogP contribution in [0.5, 0.6) is 0 Å². The van der Waals surface area contributed by atoms with E-state index in [0.717, 1.165) is 19.1 Å². The van der Waals surface area contributed by atoms with Gasteiger partial charge in [-0.15, -0.1) is 0 Å². The number of alkyl halides is 3. The molecule has 0 atom stereocenters. The summed E-state index contributed by atoms with van der Waals surface area (Å²) in [5.41, 5.74) is -3.52. The Morgan fingerprint density at radius 2 is 1.86 bits per heavy atom. The molecule has 0 aliphatic rings. The summed E-state index contributed by atoms with van der Waals surface area (Å²) in [5.74, 6) is -2.00. The lowest BCUT2D eigenvalue weighted by atomic mass is 10.2. The number of hydrogen-bond donors (Lipinski definition) is 1. The van der Waals surface area contributed by atoms with Crippen molar-refractivity contribution in [3.8, 4) is 5.69 Å². The Balaban J connectivity index is 2.82. The van der Waals surface area contributed by atoms with Gasteiger partial charge in [-0.1, -0.05) is 0 Å². The van der Waals surface area contributed by atoms with E-state index in [1.54, 1.807) is 0 Å². The largest absolute Gasteiger partial charge is 0.431 e. The van der Waals surface area contributed by atoms with E-state index in [0.29, 0.717) is 10.6 Å². The molecule has 0 aliphatic carbocycles. The van der Waals surface area contributed by atoms with Crippen LogP contribution in [-0.4, -0.2) is 9.55 Å². The van der Waals surface area contributed by atoms with Crippen LogP contribution in [0.1, 0.15) is 11.3 Å². The van der Waals surface area contributed by atoms with Crippen LogP contribution in [0.25, 0.3) is 5.69 Å². The molecule has 0 spiro atoms. The van der Waals surface area contributed by atoms with Gasteiger partial charge in [-0.25, -0.2) is 8.78 Å². The van der Waals surface area contributed by atoms with Gasteiger partial charge in [0, 0.05) is 11.6 Å². The van der Waals surface area contributed by atoms with Crippen molar-refractivity contribution in [3.63, 3.8) is 0 Å². The maximum absolute atomic E-state index is 13.7. The normalized spacial score (nSPS) is 11.7. The molecule has 1 heterocycles. The van der Waals surface area contributed by atoms with Crippen molar-refractivity contribution in [2.75, 3.05) is 0 Å². The Morgan fingerprint density at radius 1 is 1.24 bits per heavy atom. The zero-order chi connectivity index (χ0) is 15.9. The molecule has 0 amide bonds. The van der Waals surface area contributed by atoms with Crippen molar-refractivity contribution in [2.24, 2.45) is 0 Å². The number of hydrogen-bond acceptors (Lipinski definition) is 2. The number of rotatable bonds is 1. The van der Waals surface area contributed by atoms with Crippen LogP contribution in [-0.2, 0) is 6.18 Å². The summed E-state index contributed by atoms with van der Waals surface area (Å²) < 4.78 is 64.6. The summed E-state index contributed by atoms with van der Waals surface area (Å²) in [6, 6.07) is 2.29. The van der Waals surface area contributed by atoms with Gasteiger partial charge in [0.25, 0.3) is 5.56 Å². The molecule has 0 unspecified atom stereocenters. The standard InChI is InChI=1S/C12H7F5N2OS/c1-5-9(12(15,16)17)18-11(21)19(10(5)20)8-3-2-6(13)4-7(8)14/h2-4H,1H3,(H,18,21). The quantitative estimate of drug-likeness (QED) is 0.644. The lowest BCUT2D eigenvalue weighted by Gasteiger charge is -2.13. The van der Waals surface area contributed by atoms with Gasteiger partial charge in [0.05, 0.1) is 5.69 Å². The molecule has 0 bridgehead atoms. The minimum absolute atomic E-state index is 0.431. The molecule has 21 heavy (non-hydrogen) atoms. The first-order valence-corrected chi connectivity index (χ1v) is 5.92. The van der Waals surface area contributed by atoms with Gasteiger partial charge in [-0.2, -0.15) is 13.2 Å². The van der Waals surface area contributed by atoms with Gasteiger partial charge in [0.1, 0.15) is 17.3 Å². The highest BCUT2D eigenvalue weighted by molar-refractivity contribution is 7.71. The molecule has 1 aromatic heterocycles. The molecule has 112 valence electrons. The minimum Gasteiger partial charge on any atom is -0.328 e. The van der Waals surface area contributed by atoms with E-state index in [1.165, 1.54) is 0 Å². The third-order valence-corrected chi connectivity index (χ3v) is 3.05. The predicted octanol–water partition coefficient (Wildman–Crippen LogP) is 3.50. The van der Waals surface area contributed by atoms with Gasteiger partial charge in [-0.3, -0.25) is 9.36 Å². The molecule has 0 radical (unpaired) electrons. The molecule has 0 saturated heterocycles. The van der Waals surface area contributed by atoms with E-state index in [4.69, 9.17) is 0 Å². The van der Waals surface area contributed by atoms with Crippen molar-refractivity contribution in [1.82, 2.24) is 9.55 Å². The summed E-state index contributed by atoms with van der Waals surface area (Å²) >= 11 is 4.68. The second-order valence-corrected chi connectivity index (χ2v) is 4.55. The predicted molar refractivity (Wildman–Crippen MR) is 66.9 cm³/mol. The number of aromatic amines is 1. The van der Waals surface area contributed by atoms with Crippen molar-refractivity contribution in [2.45, 2.75) is 13.1 Å². The SMILES string of the molecule is Cc1c(C(F)(F)F)[nH]c(=S)n(-c2ccc(F)cc2F)c1=O. The maximum atomic E-state index is 13.7. The van der Waals surface area contributed by atoms with Crippen LogP contribution in [0.4, 0.5) is 22.0 Å². The topological polar surface area (TPSA) is 37.8 Å². The van der Waals surface area contributed by atoms with Crippen molar-refractivity contribution < 1.29 is 22.0 Å². The first-order valence-electron chi connectivity index (χ1n) is 5.51. The molecule has 9 heteroatoms. The number of halogens is 5. The lowest BCUT2D eigenvalue weighted by Crippen LogP contribution is -2.28. The highest BCUT2D eigenvalue weighted by Crippen LogP contribution is 2.29. The van der Waals surface area contributed by atoms with Gasteiger partial charge in [0.15, 0.2) is 4.77 Å². The third kappa shape index (κ3) is 2.73. The van der Waals surface area contributed by atoms with Crippen LogP contribution < -0.4 is 5.56 Å². The first kappa shape index (κ1) is 15.4. The van der Waals surface area contributed by atoms with Gasteiger partial charge in [0.2, 0.25) is 0 Å². The summed E-state index contributed by atoms with van der Waals surface area (Å²) in [6.07, 6.45) is -4.79. The molecule has 2 aromatic rings. The molecule has 0 aliphatic heterocycles. The zero-order valence-electron chi connectivity index (χ0n) is 10.4. The third-order valence-electron chi connectivity index (χ3n) is 2.77. The summed E-state index contributed by atoms with van der Waals surface area (Å²) in [7, 11) is 0. The van der Waals surface area contributed by atoms with E-state index in [9.17, 15) is 26.7 Å². The fraction of sp³-hybridized carbons (Fsp3) is 0.167. The van der Waals surface area contributed by atoms with Crippen LogP contribution >= 0.6 is 12.2 Å². The first-order chi connectivity index (χ1) is 9.62. The van der Waals surface area contributed by atoms with Gasteiger partial charge >= 0.3 is 6.18 Å². The molecule has 1 aromatic carbocycles. The Morgan fingerprint density at radius 3 is 2.38 bits per heavy atom. The van der Waals surface area contributed by atoms with Crippen LogP contribution in [0, 0.1) is 23.3 Å². The molecular weight excluding hydrogens is 315 g/mol. The smallest absolute Gasteiger partial charge is 0.328 e. The second-order valence-electron chi connectivity index (χ2n) is 4.16. The molecule has 0 fully saturated rings. The average molecular weight is 322 g/mol. The maximum Gasteiger partial charge on any atom is 0.431 e. The Hall–Kier alpha value is -2.03. The highest BCUT2D eigenvalue weighted by Gasteiger charge is 2.35. The summed E-state index contributed by atoms with van der Waals surface area (Å²) in [6.45, 7) is 0.939. The number of benzene rings is 1. The van der Waals surface area contributed by atoms with Crippen molar-refractivity contribution >= 4 is 12.2 Å². The van der Waals surface area contributed by atoms with E-state index in [1.807, 2.05) is 4.98 Å². The number of nitrogens with one attached hydrogen (secondary N) is 1. The molecule has 2 rings (SSSR count). The minimum atomic E-state index is -4.79. The number of H-pyrrole nitrogens is 1. The highest BCUT2D eigenvalue weighted by atomic mass is 32.1. The average Bonchev–Trinajstić information content (AvgIpc) is 2.35. The fourth-order valence-corrected chi connectivity index (χ4v) is 2.07. The molecule has 1 N–H and O–H groups in total. The number of aromatic nitrogens is 2. The lowest BCUT2D eigenvalue weighted by molar-refractivity contribution is -0.141. The van der Waals surface area contributed by atoms with Gasteiger partial charge in [-0.05, 0) is 31.3 Å². The number of nitrogens with zero attached hydrogens (tertiary/aromatic N) is 1. The van der Waals surface area contributed by atoms with Crippen molar-refractivity contribution in [1.29, 1.82) is 0 Å². The monoisotopic (exact) mass is 322 g/mol. The molecule has 3 nitrogen and oxygen atoms in total. The van der Waals surface area contributed by atoms with E-state index in [-0.39, 0.29) is 0 Å². The Kier molecular flexibility index (Phi) is 3.70. The molecular formula is C12H7F5N2OS. The summed E-state index contributed by atoms with van der Waals surface area (Å²) in [4.78, 5) is 13.9.